The van der Waals surface area contributed by atoms with Crippen LogP contribution in [0.15, 0.2) is 46.0 Å². The van der Waals surface area contributed by atoms with Crippen LogP contribution in [0, 0.1) is 13.8 Å². The molecule has 0 unspecified atom stereocenters. The molecule has 154 valence electrons. The molecule has 0 atom stereocenters. The average molecular weight is 433 g/mol. The number of aromatic nitrogens is 2. The maximum absolute atomic E-state index is 12.4. The van der Waals surface area contributed by atoms with E-state index in [1.165, 1.54) is 38.4 Å². The summed E-state index contributed by atoms with van der Waals surface area (Å²) in [5, 5.41) is 11.6. The van der Waals surface area contributed by atoms with Crippen molar-refractivity contribution in [2.24, 2.45) is 0 Å². The smallest absolute Gasteiger partial charge is 0.251 e. The van der Waals surface area contributed by atoms with Crippen LogP contribution in [0.25, 0.3) is 11.1 Å². The molecule has 7 nitrogen and oxygen atoms in total. The number of hydrogen-bond donors (Lipinski definition) is 1. The normalized spacial score (nSPS) is 11.8. The van der Waals surface area contributed by atoms with Crippen LogP contribution in [0.5, 0.6) is 0 Å². The van der Waals surface area contributed by atoms with Crippen LogP contribution in [0.2, 0.25) is 0 Å². The van der Waals surface area contributed by atoms with E-state index in [9.17, 15) is 13.2 Å². The maximum atomic E-state index is 12.4. The molecule has 0 saturated heterocycles. The van der Waals surface area contributed by atoms with E-state index >= 15 is 0 Å². The third-order valence-electron chi connectivity index (χ3n) is 4.70. The number of amides is 1. The second-order valence-corrected chi connectivity index (χ2v) is 9.78. The van der Waals surface area contributed by atoms with Gasteiger partial charge in [-0.2, -0.15) is 16.4 Å². The molecule has 0 fully saturated rings. The summed E-state index contributed by atoms with van der Waals surface area (Å²) >= 11 is 1.65. The first-order chi connectivity index (χ1) is 13.7. The molecule has 29 heavy (non-hydrogen) atoms. The van der Waals surface area contributed by atoms with E-state index in [0.29, 0.717) is 18.7 Å². The van der Waals surface area contributed by atoms with Gasteiger partial charge in [-0.3, -0.25) is 9.48 Å². The number of nitrogens with zero attached hydrogens (tertiary/aromatic N) is 3. The molecule has 3 aromatic rings. The number of carbonyl (C=O) groups excluding carboxylic acids is 1. The van der Waals surface area contributed by atoms with Crippen LogP contribution in [0.4, 0.5) is 0 Å². The zero-order valence-electron chi connectivity index (χ0n) is 16.8. The summed E-state index contributed by atoms with van der Waals surface area (Å²) in [5.74, 6) is -0.251. The zero-order valence-corrected chi connectivity index (χ0v) is 18.5. The summed E-state index contributed by atoms with van der Waals surface area (Å²) in [6.07, 6.45) is 0. The Balaban J connectivity index is 1.63. The average Bonchev–Trinajstić information content (AvgIpc) is 3.29. The molecular formula is C20H24N4O3S2. The molecule has 0 bridgehead atoms. The molecule has 0 spiro atoms. The standard InChI is InChI=1S/C20H24N4O3S2/c1-14-19(17-9-12-28-13-17)15(2)24(22-14)11-10-21-20(25)16-5-7-18(8-6-16)29(26,27)23(3)4/h5-9,12-13H,10-11H2,1-4H3,(H,21,25). The second kappa shape index (κ2) is 8.48. The fourth-order valence-corrected chi connectivity index (χ4v) is 4.65. The first-order valence-corrected chi connectivity index (χ1v) is 11.5. The number of benzene rings is 1. The minimum absolute atomic E-state index is 0.155. The minimum atomic E-state index is -3.51. The van der Waals surface area contributed by atoms with Crippen LogP contribution >= 0.6 is 11.3 Å². The van der Waals surface area contributed by atoms with Crippen molar-refractivity contribution in [1.29, 1.82) is 0 Å². The molecule has 1 amide bonds. The zero-order chi connectivity index (χ0) is 21.2. The summed E-state index contributed by atoms with van der Waals surface area (Å²) in [4.78, 5) is 12.5. The van der Waals surface area contributed by atoms with Crippen molar-refractivity contribution in [2.75, 3.05) is 20.6 Å². The highest BCUT2D eigenvalue weighted by molar-refractivity contribution is 7.89. The van der Waals surface area contributed by atoms with Gasteiger partial charge >= 0.3 is 0 Å². The minimum Gasteiger partial charge on any atom is -0.350 e. The molecule has 0 radical (unpaired) electrons. The van der Waals surface area contributed by atoms with Crippen molar-refractivity contribution in [3.63, 3.8) is 0 Å². The lowest BCUT2D eigenvalue weighted by Crippen LogP contribution is -2.28. The second-order valence-electron chi connectivity index (χ2n) is 6.85. The highest BCUT2D eigenvalue weighted by Crippen LogP contribution is 2.28. The van der Waals surface area contributed by atoms with Crippen molar-refractivity contribution < 1.29 is 13.2 Å². The summed E-state index contributed by atoms with van der Waals surface area (Å²) < 4.78 is 27.2. The van der Waals surface area contributed by atoms with E-state index in [1.807, 2.05) is 23.9 Å². The number of rotatable bonds is 7. The summed E-state index contributed by atoms with van der Waals surface area (Å²) in [6, 6.07) is 8.00. The Hall–Kier alpha value is -2.49. The first-order valence-electron chi connectivity index (χ1n) is 9.09. The van der Waals surface area contributed by atoms with E-state index in [2.05, 4.69) is 21.9 Å². The predicted molar refractivity (Wildman–Crippen MR) is 115 cm³/mol. The fraction of sp³-hybridized carbons (Fsp3) is 0.300. The lowest BCUT2D eigenvalue weighted by atomic mass is 10.1. The summed E-state index contributed by atoms with van der Waals surface area (Å²) in [6.45, 7) is 4.98. The lowest BCUT2D eigenvalue weighted by Gasteiger charge is -2.12. The summed E-state index contributed by atoms with van der Waals surface area (Å²) in [5.41, 5.74) is 4.73. The van der Waals surface area contributed by atoms with E-state index in [4.69, 9.17) is 0 Å². The van der Waals surface area contributed by atoms with Crippen LogP contribution in [-0.4, -0.2) is 49.1 Å². The molecule has 3 rings (SSSR count). The van der Waals surface area contributed by atoms with Gasteiger partial charge in [0.1, 0.15) is 0 Å². The van der Waals surface area contributed by atoms with Gasteiger partial charge in [-0.05, 0) is 60.5 Å². The Morgan fingerprint density at radius 1 is 1.17 bits per heavy atom. The maximum Gasteiger partial charge on any atom is 0.251 e. The van der Waals surface area contributed by atoms with Crippen LogP contribution in [0.1, 0.15) is 21.7 Å². The van der Waals surface area contributed by atoms with Gasteiger partial charge in [0.15, 0.2) is 0 Å². The molecule has 0 aliphatic carbocycles. The number of thiophene rings is 1. The van der Waals surface area contributed by atoms with E-state index < -0.39 is 10.0 Å². The molecule has 9 heteroatoms. The van der Waals surface area contributed by atoms with Crippen molar-refractivity contribution in [3.8, 4) is 11.1 Å². The Morgan fingerprint density at radius 2 is 1.86 bits per heavy atom. The fourth-order valence-electron chi connectivity index (χ4n) is 3.11. The Labute approximate surface area is 175 Å². The Kier molecular flexibility index (Phi) is 6.21. The van der Waals surface area contributed by atoms with Crippen LogP contribution in [0.3, 0.4) is 0 Å². The van der Waals surface area contributed by atoms with Crippen LogP contribution in [-0.2, 0) is 16.6 Å². The highest BCUT2D eigenvalue weighted by Gasteiger charge is 2.18. The Morgan fingerprint density at radius 3 is 2.45 bits per heavy atom. The molecule has 1 aromatic carbocycles. The number of carbonyl (C=O) groups is 1. The Bertz CT molecular complexity index is 1100. The molecule has 0 aliphatic heterocycles. The molecule has 1 N–H and O–H groups in total. The van der Waals surface area contributed by atoms with E-state index in [0.717, 1.165) is 26.8 Å². The SMILES string of the molecule is Cc1nn(CCNC(=O)c2ccc(S(=O)(=O)N(C)C)cc2)c(C)c1-c1ccsc1. The molecule has 2 aromatic heterocycles. The van der Waals surface area contributed by atoms with Gasteiger partial charge in [-0.25, -0.2) is 12.7 Å². The third-order valence-corrected chi connectivity index (χ3v) is 7.21. The lowest BCUT2D eigenvalue weighted by molar-refractivity contribution is 0.0951. The van der Waals surface area contributed by atoms with Gasteiger partial charge in [-0.1, -0.05) is 0 Å². The molecule has 0 aliphatic rings. The number of sulfonamides is 1. The van der Waals surface area contributed by atoms with E-state index in [1.54, 1.807) is 11.3 Å². The molecule has 2 heterocycles. The quantitative estimate of drug-likeness (QED) is 0.622. The van der Waals surface area contributed by atoms with Crippen LogP contribution < -0.4 is 5.32 Å². The number of hydrogen-bond acceptors (Lipinski definition) is 5. The van der Waals surface area contributed by atoms with E-state index in [-0.39, 0.29) is 10.8 Å². The number of aryl methyl sites for hydroxylation is 1. The van der Waals surface area contributed by atoms with Gasteiger partial charge in [0.2, 0.25) is 10.0 Å². The van der Waals surface area contributed by atoms with Gasteiger partial charge in [0.25, 0.3) is 5.91 Å². The number of nitrogens with one attached hydrogen (secondary N) is 1. The van der Waals surface area contributed by atoms with Gasteiger partial charge in [0.05, 0.1) is 17.1 Å². The van der Waals surface area contributed by atoms with Crippen molar-refractivity contribution in [3.05, 3.63) is 58.0 Å². The molecule has 0 saturated carbocycles. The predicted octanol–water partition coefficient (Wildman–Crippen LogP) is 2.91. The van der Waals surface area contributed by atoms with Gasteiger partial charge < -0.3 is 5.32 Å². The first kappa shape index (κ1) is 21.2. The van der Waals surface area contributed by atoms with Crippen molar-refractivity contribution in [2.45, 2.75) is 25.3 Å². The van der Waals surface area contributed by atoms with Crippen molar-refractivity contribution >= 4 is 27.3 Å². The largest absolute Gasteiger partial charge is 0.350 e. The third kappa shape index (κ3) is 4.42. The monoisotopic (exact) mass is 432 g/mol. The summed E-state index contributed by atoms with van der Waals surface area (Å²) in [7, 11) is -0.565. The van der Waals surface area contributed by atoms with Crippen molar-refractivity contribution in [1.82, 2.24) is 19.4 Å². The van der Waals surface area contributed by atoms with Gasteiger partial charge in [-0.15, -0.1) is 0 Å². The topological polar surface area (TPSA) is 84.3 Å². The van der Waals surface area contributed by atoms with Gasteiger partial charge in [0, 0.05) is 37.5 Å². The molecular weight excluding hydrogens is 408 g/mol. The highest BCUT2D eigenvalue weighted by atomic mass is 32.2.